The first-order valence-electron chi connectivity index (χ1n) is 6.74. The number of hydrogen-bond donors (Lipinski definition) is 2. The minimum absolute atomic E-state index is 0.0244. The summed E-state index contributed by atoms with van der Waals surface area (Å²) in [6, 6.07) is 5.44. The lowest BCUT2D eigenvalue weighted by molar-refractivity contribution is 0.0487. The van der Waals surface area contributed by atoms with Crippen LogP contribution < -0.4 is 0 Å². The van der Waals surface area contributed by atoms with Crippen LogP contribution in [0.2, 0.25) is 0 Å². The summed E-state index contributed by atoms with van der Waals surface area (Å²) in [6.07, 6.45) is -0.113. The van der Waals surface area contributed by atoms with E-state index in [0.717, 1.165) is 6.07 Å². The van der Waals surface area contributed by atoms with Crippen LogP contribution in [-0.2, 0) is 11.2 Å². The molecule has 22 heavy (non-hydrogen) atoms. The molecule has 1 heterocycles. The SMILES string of the molecule is CCOC(=O)c1ccc(CC(=O)c2c(C)cc(O)cc2O)o1. The minimum atomic E-state index is -0.593. The molecule has 1 aromatic carbocycles. The van der Waals surface area contributed by atoms with Crippen molar-refractivity contribution in [1.82, 2.24) is 0 Å². The number of aryl methyl sites for hydroxylation is 1. The molecule has 2 N–H and O–H groups in total. The Kier molecular flexibility index (Phi) is 4.50. The van der Waals surface area contributed by atoms with Gasteiger partial charge in [-0.3, -0.25) is 4.79 Å². The second kappa shape index (κ2) is 6.34. The molecule has 0 atom stereocenters. The van der Waals surface area contributed by atoms with Crippen LogP contribution in [0.3, 0.4) is 0 Å². The van der Waals surface area contributed by atoms with E-state index in [1.54, 1.807) is 13.8 Å². The molecule has 6 nitrogen and oxygen atoms in total. The number of hydrogen-bond acceptors (Lipinski definition) is 6. The summed E-state index contributed by atoms with van der Waals surface area (Å²) in [7, 11) is 0. The molecule has 0 aliphatic heterocycles. The molecule has 0 spiro atoms. The molecule has 2 rings (SSSR count). The number of aromatic hydroxyl groups is 2. The molecule has 0 saturated heterocycles. The topological polar surface area (TPSA) is 97.0 Å². The predicted molar refractivity (Wildman–Crippen MR) is 77.2 cm³/mol. The smallest absolute Gasteiger partial charge is 0.374 e. The van der Waals surface area contributed by atoms with Gasteiger partial charge in [0.15, 0.2) is 5.78 Å². The number of Topliss-reactive ketones (excluding diaryl/α,β-unsaturated/α-hetero) is 1. The first-order chi connectivity index (χ1) is 10.4. The van der Waals surface area contributed by atoms with Gasteiger partial charge < -0.3 is 19.4 Å². The summed E-state index contributed by atoms with van der Waals surface area (Å²) in [5.41, 5.74) is 0.576. The number of phenolic OH excluding ortho intramolecular Hbond substituents is 2. The zero-order valence-electron chi connectivity index (χ0n) is 12.3. The van der Waals surface area contributed by atoms with Crippen molar-refractivity contribution in [2.75, 3.05) is 6.61 Å². The molecule has 6 heteroatoms. The van der Waals surface area contributed by atoms with Crippen LogP contribution in [0.15, 0.2) is 28.7 Å². The number of rotatable bonds is 5. The third-order valence-electron chi connectivity index (χ3n) is 3.05. The van der Waals surface area contributed by atoms with Gasteiger partial charge in [-0.05, 0) is 37.6 Å². The highest BCUT2D eigenvalue weighted by atomic mass is 16.5. The first-order valence-corrected chi connectivity index (χ1v) is 6.74. The molecular formula is C16H16O6. The van der Waals surface area contributed by atoms with Gasteiger partial charge in [0.2, 0.25) is 5.76 Å². The van der Waals surface area contributed by atoms with Crippen LogP contribution in [0, 0.1) is 6.92 Å². The molecule has 0 bridgehead atoms. The second-order valence-electron chi connectivity index (χ2n) is 4.74. The van der Waals surface area contributed by atoms with Gasteiger partial charge in [0.25, 0.3) is 0 Å². The Bertz CT molecular complexity index is 690. The third-order valence-corrected chi connectivity index (χ3v) is 3.05. The Morgan fingerprint density at radius 2 is 1.95 bits per heavy atom. The Hall–Kier alpha value is -2.76. The number of carbonyl (C=O) groups excluding carboxylic acids is 2. The van der Waals surface area contributed by atoms with Gasteiger partial charge in [-0.1, -0.05) is 0 Å². The van der Waals surface area contributed by atoms with Gasteiger partial charge in [0.05, 0.1) is 18.6 Å². The number of benzene rings is 1. The zero-order valence-corrected chi connectivity index (χ0v) is 12.3. The number of carbonyl (C=O) groups is 2. The van der Waals surface area contributed by atoms with E-state index in [0.29, 0.717) is 11.3 Å². The first kappa shape index (κ1) is 15.6. The maximum atomic E-state index is 12.3. The molecule has 0 amide bonds. The molecule has 0 aliphatic rings. The number of ketones is 1. The average molecular weight is 304 g/mol. The molecule has 0 fully saturated rings. The monoisotopic (exact) mass is 304 g/mol. The van der Waals surface area contributed by atoms with Crippen LogP contribution in [0.4, 0.5) is 0 Å². The van der Waals surface area contributed by atoms with Crippen LogP contribution in [-0.4, -0.2) is 28.6 Å². The van der Waals surface area contributed by atoms with Crippen LogP contribution in [0.1, 0.15) is 39.2 Å². The maximum Gasteiger partial charge on any atom is 0.374 e. The fraction of sp³-hybridized carbons (Fsp3) is 0.250. The highest BCUT2D eigenvalue weighted by Gasteiger charge is 2.19. The number of furan rings is 1. The summed E-state index contributed by atoms with van der Waals surface area (Å²) in [4.78, 5) is 23.7. The van der Waals surface area contributed by atoms with Crippen molar-refractivity contribution >= 4 is 11.8 Å². The van der Waals surface area contributed by atoms with Crippen molar-refractivity contribution in [2.24, 2.45) is 0 Å². The molecule has 2 aromatic rings. The predicted octanol–water partition coefficient (Wildman–Crippen LogP) is 2.60. The van der Waals surface area contributed by atoms with Crippen molar-refractivity contribution in [1.29, 1.82) is 0 Å². The van der Waals surface area contributed by atoms with E-state index >= 15 is 0 Å². The number of phenols is 2. The lowest BCUT2D eigenvalue weighted by Gasteiger charge is -2.07. The Morgan fingerprint density at radius 3 is 2.59 bits per heavy atom. The van der Waals surface area contributed by atoms with Gasteiger partial charge in [0.1, 0.15) is 17.3 Å². The van der Waals surface area contributed by atoms with Crippen LogP contribution in [0.25, 0.3) is 0 Å². The molecule has 0 radical (unpaired) electrons. The highest BCUT2D eigenvalue weighted by molar-refractivity contribution is 6.01. The summed E-state index contributed by atoms with van der Waals surface area (Å²) in [5.74, 6) is -1.06. The number of ether oxygens (including phenoxy) is 1. The van der Waals surface area contributed by atoms with E-state index in [-0.39, 0.29) is 41.6 Å². The average Bonchev–Trinajstić information content (AvgIpc) is 2.86. The lowest BCUT2D eigenvalue weighted by atomic mass is 10.0. The van der Waals surface area contributed by atoms with Crippen molar-refractivity contribution in [2.45, 2.75) is 20.3 Å². The van der Waals surface area contributed by atoms with Gasteiger partial charge >= 0.3 is 5.97 Å². The van der Waals surface area contributed by atoms with E-state index in [1.807, 2.05) is 0 Å². The maximum absolute atomic E-state index is 12.3. The van der Waals surface area contributed by atoms with Crippen molar-refractivity contribution < 1.29 is 29.0 Å². The van der Waals surface area contributed by atoms with Gasteiger partial charge in [-0.25, -0.2) is 4.79 Å². The molecule has 1 aromatic heterocycles. The Balaban J connectivity index is 2.18. The van der Waals surface area contributed by atoms with Crippen LogP contribution in [0.5, 0.6) is 11.5 Å². The molecule has 0 unspecified atom stereocenters. The summed E-state index contributed by atoms with van der Waals surface area (Å²) in [5, 5.41) is 19.2. The Labute approximate surface area is 126 Å². The van der Waals surface area contributed by atoms with Gasteiger partial charge in [0, 0.05) is 6.07 Å². The van der Waals surface area contributed by atoms with Gasteiger partial charge in [-0.15, -0.1) is 0 Å². The van der Waals surface area contributed by atoms with Crippen molar-refractivity contribution in [3.05, 3.63) is 46.9 Å². The summed E-state index contributed by atoms with van der Waals surface area (Å²) >= 11 is 0. The van der Waals surface area contributed by atoms with Gasteiger partial charge in [-0.2, -0.15) is 0 Å². The quantitative estimate of drug-likeness (QED) is 0.651. The lowest BCUT2D eigenvalue weighted by Crippen LogP contribution is -2.06. The van der Waals surface area contributed by atoms with Crippen LogP contribution >= 0.6 is 0 Å². The molecular weight excluding hydrogens is 288 g/mol. The standard InChI is InChI=1S/C16H16O6/c1-3-21-16(20)14-5-4-11(22-14)8-13(19)15-9(2)6-10(17)7-12(15)18/h4-7,17-18H,3,8H2,1-2H3. The summed E-state index contributed by atoms with van der Waals surface area (Å²) in [6.45, 7) is 3.52. The normalized spacial score (nSPS) is 10.5. The van der Waals surface area contributed by atoms with Crippen molar-refractivity contribution in [3.63, 3.8) is 0 Å². The molecule has 116 valence electrons. The molecule has 0 saturated carbocycles. The van der Waals surface area contributed by atoms with E-state index in [4.69, 9.17) is 9.15 Å². The number of esters is 1. The molecule has 0 aliphatic carbocycles. The minimum Gasteiger partial charge on any atom is -0.508 e. The Morgan fingerprint density at radius 1 is 1.23 bits per heavy atom. The second-order valence-corrected chi connectivity index (χ2v) is 4.74. The van der Waals surface area contributed by atoms with E-state index in [9.17, 15) is 19.8 Å². The fourth-order valence-electron chi connectivity index (χ4n) is 2.14. The van der Waals surface area contributed by atoms with E-state index < -0.39 is 5.97 Å². The third kappa shape index (κ3) is 3.28. The zero-order chi connectivity index (χ0) is 16.3. The largest absolute Gasteiger partial charge is 0.508 e. The van der Waals surface area contributed by atoms with E-state index in [2.05, 4.69) is 0 Å². The van der Waals surface area contributed by atoms with E-state index in [1.165, 1.54) is 18.2 Å². The van der Waals surface area contributed by atoms with Crippen molar-refractivity contribution in [3.8, 4) is 11.5 Å². The summed E-state index contributed by atoms with van der Waals surface area (Å²) < 4.78 is 10.1. The highest BCUT2D eigenvalue weighted by Crippen LogP contribution is 2.28. The fourth-order valence-corrected chi connectivity index (χ4v) is 2.14.